The number of benzene rings is 1. The van der Waals surface area contributed by atoms with Crippen molar-refractivity contribution >= 4 is 33.3 Å². The number of nitrogens with one attached hydrogen (secondary N) is 2. The Hall–Kier alpha value is -4.05. The molecule has 31 heavy (non-hydrogen) atoms. The molecule has 0 atom stereocenters. The summed E-state index contributed by atoms with van der Waals surface area (Å²) in [7, 11) is 0. The van der Waals surface area contributed by atoms with E-state index in [1.165, 1.54) is 31.0 Å². The number of nitrogens with zero attached hydrogens (tertiary/aromatic N) is 5. The van der Waals surface area contributed by atoms with Gasteiger partial charge in [0.2, 0.25) is 0 Å². The molecule has 7 nitrogen and oxygen atoms in total. The molecule has 0 saturated heterocycles. The Balaban J connectivity index is 1.56. The minimum absolute atomic E-state index is 0.126. The topological polar surface area (TPSA) is 96.0 Å². The average molecular weight is 431 g/mol. The maximum absolute atomic E-state index is 15.5. The lowest BCUT2D eigenvalue weighted by molar-refractivity contribution is 0.638. The number of hydrogen-bond donors (Lipinski definition) is 2. The van der Waals surface area contributed by atoms with Crippen LogP contribution in [-0.4, -0.2) is 35.1 Å². The standard InChI is InChI=1S/C21H11F2N7S/c22-15-5-4-14(31-15)11-2-1-3-12-19(11)28-21(27-12)20-16-13(29-30-20)8-26-18(17(16)23)10-6-24-9-25-7-10/h1-9H,(H,27,28)(H,29,30). The minimum Gasteiger partial charge on any atom is -0.337 e. The summed E-state index contributed by atoms with van der Waals surface area (Å²) in [6, 6.07) is 8.73. The van der Waals surface area contributed by atoms with Crippen LogP contribution in [0.5, 0.6) is 0 Å². The number of aromatic nitrogens is 7. The zero-order valence-electron chi connectivity index (χ0n) is 15.6. The van der Waals surface area contributed by atoms with E-state index in [2.05, 4.69) is 35.1 Å². The molecule has 6 aromatic rings. The van der Waals surface area contributed by atoms with Crippen molar-refractivity contribution in [2.24, 2.45) is 0 Å². The molecule has 0 unspecified atom stereocenters. The van der Waals surface area contributed by atoms with E-state index in [1.807, 2.05) is 18.2 Å². The Morgan fingerprint density at radius 2 is 1.77 bits per heavy atom. The maximum atomic E-state index is 15.5. The highest BCUT2D eigenvalue weighted by atomic mass is 32.1. The SMILES string of the molecule is Fc1ccc(-c2cccc3[nH]c(-c4n[nH]c5cnc(-c6cncnc6)c(F)c45)nc23)s1. The second-order valence-electron chi connectivity index (χ2n) is 6.80. The van der Waals surface area contributed by atoms with E-state index < -0.39 is 5.82 Å². The van der Waals surface area contributed by atoms with Crippen LogP contribution in [0.2, 0.25) is 0 Å². The normalized spacial score (nSPS) is 11.5. The summed E-state index contributed by atoms with van der Waals surface area (Å²) in [4.78, 5) is 20.7. The van der Waals surface area contributed by atoms with Gasteiger partial charge < -0.3 is 4.98 Å². The van der Waals surface area contributed by atoms with E-state index in [0.29, 0.717) is 28.1 Å². The summed E-state index contributed by atoms with van der Waals surface area (Å²) in [5, 5.41) is 7.07. The summed E-state index contributed by atoms with van der Waals surface area (Å²) < 4.78 is 29.0. The third-order valence-corrected chi connectivity index (χ3v) is 5.86. The molecule has 150 valence electrons. The number of imidazole rings is 1. The molecular formula is C21H11F2N7S. The first kappa shape index (κ1) is 17.8. The van der Waals surface area contributed by atoms with Crippen molar-refractivity contribution in [3.05, 3.63) is 66.2 Å². The summed E-state index contributed by atoms with van der Waals surface area (Å²) >= 11 is 1.04. The van der Waals surface area contributed by atoms with Gasteiger partial charge in [0.15, 0.2) is 16.8 Å². The molecule has 0 saturated carbocycles. The van der Waals surface area contributed by atoms with E-state index in [9.17, 15) is 4.39 Å². The molecule has 1 aromatic carbocycles. The number of aromatic amines is 2. The summed E-state index contributed by atoms with van der Waals surface area (Å²) in [5.41, 5.74) is 3.53. The monoisotopic (exact) mass is 431 g/mol. The van der Waals surface area contributed by atoms with Crippen molar-refractivity contribution in [2.75, 3.05) is 0 Å². The fourth-order valence-electron chi connectivity index (χ4n) is 3.57. The van der Waals surface area contributed by atoms with Crippen LogP contribution in [0.3, 0.4) is 0 Å². The molecule has 0 aliphatic rings. The lowest BCUT2D eigenvalue weighted by Gasteiger charge is -2.03. The van der Waals surface area contributed by atoms with Gasteiger partial charge >= 0.3 is 0 Å². The number of hydrogen-bond acceptors (Lipinski definition) is 6. The Bertz CT molecular complexity index is 1570. The van der Waals surface area contributed by atoms with Crippen LogP contribution < -0.4 is 0 Å². The first-order valence-corrected chi connectivity index (χ1v) is 10.0. The molecule has 10 heteroatoms. The minimum atomic E-state index is -0.544. The van der Waals surface area contributed by atoms with Crippen molar-refractivity contribution in [1.82, 2.24) is 35.1 Å². The van der Waals surface area contributed by atoms with Gasteiger partial charge in [-0.25, -0.2) is 19.3 Å². The molecule has 5 heterocycles. The number of H-pyrrole nitrogens is 2. The summed E-state index contributed by atoms with van der Waals surface area (Å²) in [6.45, 7) is 0. The van der Waals surface area contributed by atoms with Crippen LogP contribution >= 0.6 is 11.3 Å². The maximum Gasteiger partial charge on any atom is 0.176 e. The van der Waals surface area contributed by atoms with Gasteiger partial charge in [-0.2, -0.15) is 9.49 Å². The molecule has 2 N–H and O–H groups in total. The van der Waals surface area contributed by atoms with E-state index in [1.54, 1.807) is 6.07 Å². The zero-order chi connectivity index (χ0) is 20.9. The highest BCUT2D eigenvalue weighted by Crippen LogP contribution is 2.35. The Kier molecular flexibility index (Phi) is 3.87. The van der Waals surface area contributed by atoms with Crippen LogP contribution in [0, 0.1) is 10.9 Å². The Labute approximate surface area is 176 Å². The summed E-state index contributed by atoms with van der Waals surface area (Å²) in [6.07, 6.45) is 5.88. The van der Waals surface area contributed by atoms with E-state index in [4.69, 9.17) is 0 Å². The lowest BCUT2D eigenvalue weighted by Crippen LogP contribution is -1.93. The molecule has 6 rings (SSSR count). The van der Waals surface area contributed by atoms with Crippen LogP contribution in [-0.2, 0) is 0 Å². The largest absolute Gasteiger partial charge is 0.337 e. The van der Waals surface area contributed by atoms with Gasteiger partial charge in [-0.3, -0.25) is 10.1 Å². The van der Waals surface area contributed by atoms with Gasteiger partial charge in [0.1, 0.15) is 17.7 Å². The molecule has 0 bridgehead atoms. The first-order valence-electron chi connectivity index (χ1n) is 9.22. The fourth-order valence-corrected chi connectivity index (χ4v) is 4.33. The predicted molar refractivity (Wildman–Crippen MR) is 113 cm³/mol. The van der Waals surface area contributed by atoms with Gasteiger partial charge in [-0.1, -0.05) is 12.1 Å². The van der Waals surface area contributed by atoms with E-state index >= 15 is 4.39 Å². The van der Waals surface area contributed by atoms with Gasteiger partial charge in [0.25, 0.3) is 0 Å². The third-order valence-electron chi connectivity index (χ3n) is 4.95. The molecule has 0 amide bonds. The van der Waals surface area contributed by atoms with Gasteiger partial charge in [-0.15, -0.1) is 11.3 Å². The Morgan fingerprint density at radius 1 is 0.903 bits per heavy atom. The number of pyridine rings is 1. The second-order valence-corrected chi connectivity index (χ2v) is 7.83. The number of fused-ring (bicyclic) bond motifs is 2. The molecular weight excluding hydrogens is 420 g/mol. The van der Waals surface area contributed by atoms with E-state index in [-0.39, 0.29) is 16.2 Å². The smallest absolute Gasteiger partial charge is 0.176 e. The van der Waals surface area contributed by atoms with Crippen molar-refractivity contribution < 1.29 is 8.78 Å². The van der Waals surface area contributed by atoms with Crippen LogP contribution in [0.25, 0.3) is 55.2 Å². The van der Waals surface area contributed by atoms with Crippen LogP contribution in [0.4, 0.5) is 8.78 Å². The van der Waals surface area contributed by atoms with Crippen molar-refractivity contribution in [3.63, 3.8) is 0 Å². The number of thiophene rings is 1. The number of halogens is 2. The number of para-hydroxylation sites is 1. The van der Waals surface area contributed by atoms with Gasteiger partial charge in [-0.05, 0) is 18.2 Å². The molecule has 0 spiro atoms. The summed E-state index contributed by atoms with van der Waals surface area (Å²) in [5.74, 6) is -0.150. The molecule has 0 fully saturated rings. The highest BCUT2D eigenvalue weighted by molar-refractivity contribution is 7.14. The van der Waals surface area contributed by atoms with Crippen molar-refractivity contribution in [3.8, 4) is 33.2 Å². The molecule has 0 aliphatic heterocycles. The van der Waals surface area contributed by atoms with Crippen molar-refractivity contribution in [1.29, 1.82) is 0 Å². The third kappa shape index (κ3) is 2.80. The van der Waals surface area contributed by atoms with Gasteiger partial charge in [0.05, 0.1) is 28.1 Å². The second kappa shape index (κ2) is 6.74. The van der Waals surface area contributed by atoms with E-state index in [0.717, 1.165) is 27.3 Å². The molecule has 0 radical (unpaired) electrons. The fraction of sp³-hybridized carbons (Fsp3) is 0. The molecule has 0 aliphatic carbocycles. The first-order chi connectivity index (χ1) is 15.2. The average Bonchev–Trinajstić information content (AvgIpc) is 3.52. The lowest BCUT2D eigenvalue weighted by atomic mass is 10.1. The highest BCUT2D eigenvalue weighted by Gasteiger charge is 2.21. The number of rotatable bonds is 3. The van der Waals surface area contributed by atoms with Gasteiger partial charge in [0, 0.05) is 28.4 Å². The predicted octanol–water partition coefficient (Wildman–Crippen LogP) is 4.96. The van der Waals surface area contributed by atoms with Crippen LogP contribution in [0.1, 0.15) is 0 Å². The quantitative estimate of drug-likeness (QED) is 0.413. The zero-order valence-corrected chi connectivity index (χ0v) is 16.4. The van der Waals surface area contributed by atoms with Crippen molar-refractivity contribution in [2.45, 2.75) is 0 Å². The molecule has 5 aromatic heterocycles. The van der Waals surface area contributed by atoms with Crippen LogP contribution in [0.15, 0.2) is 55.2 Å². The Morgan fingerprint density at radius 3 is 2.58 bits per heavy atom.